The lowest BCUT2D eigenvalue weighted by Crippen LogP contribution is -3.26. The van der Waals surface area contributed by atoms with Crippen molar-refractivity contribution in [3.05, 3.63) is 52.8 Å². The molecule has 30 heavy (non-hydrogen) atoms. The number of ketones is 1. The summed E-state index contributed by atoms with van der Waals surface area (Å²) in [6, 6.07) is 8.59. The highest BCUT2D eigenvalue weighted by atomic mass is 16.5. The zero-order valence-corrected chi connectivity index (χ0v) is 17.6. The van der Waals surface area contributed by atoms with E-state index in [9.17, 15) is 9.90 Å². The molecule has 0 amide bonds. The number of quaternary nitrogens is 2. The number of Topliss-reactive ketones (excluding diaryl/α,β-unsaturated/α-hetero) is 1. The van der Waals surface area contributed by atoms with Crippen molar-refractivity contribution < 1.29 is 33.9 Å². The number of carbonyl (C=O) groups excluding carboxylic acids is 1. The molecule has 1 saturated heterocycles. The molecule has 4 rings (SSSR count). The Balaban J connectivity index is 1.65. The van der Waals surface area contributed by atoms with E-state index in [-0.39, 0.29) is 17.3 Å². The molecule has 0 aromatic heterocycles. The molecule has 1 fully saturated rings. The molecule has 0 bridgehead atoms. The van der Waals surface area contributed by atoms with Gasteiger partial charge in [-0.3, -0.25) is 4.79 Å². The minimum atomic E-state index is -0.200. The molecule has 2 aliphatic rings. The van der Waals surface area contributed by atoms with Crippen LogP contribution in [0.2, 0.25) is 0 Å². The molecular formula is C23H28N2O5+2. The molecule has 2 aliphatic heterocycles. The maximum absolute atomic E-state index is 13.0. The van der Waals surface area contributed by atoms with Crippen LogP contribution in [0.1, 0.15) is 21.5 Å². The van der Waals surface area contributed by atoms with Crippen LogP contribution in [0.15, 0.2) is 36.1 Å². The van der Waals surface area contributed by atoms with Gasteiger partial charge in [0.2, 0.25) is 5.78 Å². The molecule has 7 nitrogen and oxygen atoms in total. The smallest absolute Gasteiger partial charge is 0.231 e. The zero-order chi connectivity index (χ0) is 21.3. The van der Waals surface area contributed by atoms with Gasteiger partial charge in [0.05, 0.1) is 32.4 Å². The molecule has 2 aromatic carbocycles. The number of allylic oxidation sites excluding steroid dienone is 1. The zero-order valence-electron chi connectivity index (χ0n) is 17.6. The highest BCUT2D eigenvalue weighted by molar-refractivity contribution is 6.15. The SMILES string of the molecule is COc1ccc(OC)c(/C=C2\Oc3c(ccc(O)c3C[NH+]3CC[NH+](C)CC3)C2=O)c1. The summed E-state index contributed by atoms with van der Waals surface area (Å²) < 4.78 is 16.7. The minimum absolute atomic E-state index is 0.167. The summed E-state index contributed by atoms with van der Waals surface area (Å²) in [6.07, 6.45) is 1.66. The van der Waals surface area contributed by atoms with Crippen LogP contribution in [0.3, 0.4) is 0 Å². The number of phenols is 1. The van der Waals surface area contributed by atoms with Crippen LogP contribution in [-0.2, 0) is 6.54 Å². The van der Waals surface area contributed by atoms with Crippen molar-refractivity contribution in [3.8, 4) is 23.0 Å². The number of benzene rings is 2. The van der Waals surface area contributed by atoms with Crippen molar-refractivity contribution in [2.75, 3.05) is 47.4 Å². The lowest BCUT2D eigenvalue weighted by atomic mass is 10.0. The van der Waals surface area contributed by atoms with E-state index in [1.807, 2.05) is 0 Å². The second-order valence-electron chi connectivity index (χ2n) is 7.87. The van der Waals surface area contributed by atoms with Crippen LogP contribution in [0.4, 0.5) is 0 Å². The van der Waals surface area contributed by atoms with Crippen molar-refractivity contribution in [2.45, 2.75) is 6.54 Å². The maximum Gasteiger partial charge on any atom is 0.231 e. The second-order valence-corrected chi connectivity index (χ2v) is 7.87. The number of hydrogen-bond acceptors (Lipinski definition) is 5. The molecule has 2 aromatic rings. The predicted octanol–water partition coefficient (Wildman–Crippen LogP) is -0.0612. The van der Waals surface area contributed by atoms with Gasteiger partial charge in [-0.05, 0) is 36.4 Å². The van der Waals surface area contributed by atoms with Crippen molar-refractivity contribution in [2.24, 2.45) is 0 Å². The standard InChI is InChI=1S/C23H26N2O5/c1-24-8-10-25(11-9-24)14-18-19(26)6-5-17-22(27)21(30-23(17)18)13-15-12-16(28-2)4-7-20(15)29-3/h4-7,12-13,26H,8-11,14H2,1-3H3/p+2/b21-13-. The monoisotopic (exact) mass is 412 g/mol. The van der Waals surface area contributed by atoms with E-state index in [4.69, 9.17) is 14.2 Å². The first-order valence-corrected chi connectivity index (χ1v) is 10.2. The van der Waals surface area contributed by atoms with Crippen LogP contribution in [0, 0.1) is 0 Å². The van der Waals surface area contributed by atoms with Gasteiger partial charge in [0, 0.05) is 5.56 Å². The third-order valence-electron chi connectivity index (χ3n) is 5.88. The molecule has 0 atom stereocenters. The average Bonchev–Trinajstić information content (AvgIpc) is 3.07. The van der Waals surface area contributed by atoms with Crippen LogP contribution in [-0.4, -0.2) is 58.3 Å². The summed E-state index contributed by atoms with van der Waals surface area (Å²) in [4.78, 5) is 15.9. The summed E-state index contributed by atoms with van der Waals surface area (Å²) in [6.45, 7) is 4.85. The molecular weight excluding hydrogens is 384 g/mol. The lowest BCUT2D eigenvalue weighted by Gasteiger charge is -2.27. The Morgan fingerprint density at radius 3 is 2.57 bits per heavy atom. The number of methoxy groups -OCH3 is 2. The molecule has 0 saturated carbocycles. The van der Waals surface area contributed by atoms with Gasteiger partial charge in [0.15, 0.2) is 11.5 Å². The van der Waals surface area contributed by atoms with Gasteiger partial charge in [-0.25, -0.2) is 0 Å². The van der Waals surface area contributed by atoms with E-state index in [1.54, 1.807) is 50.6 Å². The normalized spacial score (nSPS) is 22.0. The number of aromatic hydroxyl groups is 1. The number of nitrogens with one attached hydrogen (secondary N) is 2. The van der Waals surface area contributed by atoms with E-state index in [2.05, 4.69) is 7.05 Å². The van der Waals surface area contributed by atoms with E-state index in [0.717, 1.165) is 26.2 Å². The number of phenolic OH excluding ortho intramolecular Hbond substituents is 1. The molecule has 0 aliphatic carbocycles. The van der Waals surface area contributed by atoms with Crippen LogP contribution in [0.5, 0.6) is 23.0 Å². The highest BCUT2D eigenvalue weighted by Gasteiger charge is 2.33. The predicted molar refractivity (Wildman–Crippen MR) is 112 cm³/mol. The quantitative estimate of drug-likeness (QED) is 0.600. The van der Waals surface area contributed by atoms with Gasteiger partial charge in [0.25, 0.3) is 0 Å². The number of ether oxygens (including phenoxy) is 3. The Morgan fingerprint density at radius 1 is 1.10 bits per heavy atom. The van der Waals surface area contributed by atoms with Crippen LogP contribution in [0.25, 0.3) is 6.08 Å². The first-order chi connectivity index (χ1) is 14.5. The van der Waals surface area contributed by atoms with E-state index < -0.39 is 0 Å². The van der Waals surface area contributed by atoms with Gasteiger partial charge in [-0.1, -0.05) is 0 Å². The summed E-state index contributed by atoms with van der Waals surface area (Å²) >= 11 is 0. The fraction of sp³-hybridized carbons (Fsp3) is 0.348. The van der Waals surface area contributed by atoms with E-state index in [1.165, 1.54) is 9.80 Å². The molecule has 158 valence electrons. The fourth-order valence-electron chi connectivity index (χ4n) is 4.02. The fourth-order valence-corrected chi connectivity index (χ4v) is 4.02. The molecule has 0 unspecified atom stereocenters. The molecule has 3 N–H and O–H groups in total. The Bertz CT molecular complexity index is 993. The summed E-state index contributed by atoms with van der Waals surface area (Å²) in [5.41, 5.74) is 1.86. The molecule has 0 spiro atoms. The number of rotatable bonds is 5. The van der Waals surface area contributed by atoms with Gasteiger partial charge in [0.1, 0.15) is 50.0 Å². The Hall–Kier alpha value is -3.03. The van der Waals surface area contributed by atoms with Crippen LogP contribution >= 0.6 is 0 Å². The average molecular weight is 412 g/mol. The van der Waals surface area contributed by atoms with Crippen molar-refractivity contribution in [1.82, 2.24) is 0 Å². The van der Waals surface area contributed by atoms with E-state index in [0.29, 0.717) is 40.5 Å². The number of likely N-dealkylation sites (N-methyl/N-ethyl adjacent to an activating group) is 1. The maximum atomic E-state index is 13.0. The second kappa shape index (κ2) is 8.38. The minimum Gasteiger partial charge on any atom is -0.507 e. The first-order valence-electron chi connectivity index (χ1n) is 10.2. The Kier molecular flexibility index (Phi) is 5.65. The third-order valence-corrected chi connectivity index (χ3v) is 5.88. The van der Waals surface area contributed by atoms with Crippen LogP contribution < -0.4 is 24.0 Å². The first kappa shape index (κ1) is 20.3. The van der Waals surface area contributed by atoms with E-state index >= 15 is 0 Å². The van der Waals surface area contributed by atoms with Gasteiger partial charge in [-0.2, -0.15) is 0 Å². The lowest BCUT2D eigenvalue weighted by molar-refractivity contribution is -1.01. The number of piperazine rings is 1. The highest BCUT2D eigenvalue weighted by Crippen LogP contribution is 2.39. The number of hydrogen-bond donors (Lipinski definition) is 3. The summed E-state index contributed by atoms with van der Waals surface area (Å²) in [7, 11) is 5.36. The van der Waals surface area contributed by atoms with Gasteiger partial charge >= 0.3 is 0 Å². The molecule has 7 heteroatoms. The third kappa shape index (κ3) is 3.86. The Labute approximate surface area is 176 Å². The molecule has 2 heterocycles. The van der Waals surface area contributed by atoms with Gasteiger partial charge in [-0.15, -0.1) is 0 Å². The van der Waals surface area contributed by atoms with Crippen molar-refractivity contribution >= 4 is 11.9 Å². The van der Waals surface area contributed by atoms with Crippen molar-refractivity contribution in [3.63, 3.8) is 0 Å². The number of fused-ring (bicyclic) bond motifs is 1. The number of carbonyl (C=O) groups is 1. The summed E-state index contributed by atoms with van der Waals surface area (Å²) in [5, 5.41) is 10.5. The largest absolute Gasteiger partial charge is 0.507 e. The summed E-state index contributed by atoms with van der Waals surface area (Å²) in [5.74, 6) is 1.91. The Morgan fingerprint density at radius 2 is 1.87 bits per heavy atom. The molecule has 0 radical (unpaired) electrons. The van der Waals surface area contributed by atoms with Crippen molar-refractivity contribution in [1.29, 1.82) is 0 Å². The van der Waals surface area contributed by atoms with Gasteiger partial charge < -0.3 is 29.1 Å². The topological polar surface area (TPSA) is 73.9 Å².